The van der Waals surface area contributed by atoms with Crippen molar-refractivity contribution >= 4 is 22.0 Å². The van der Waals surface area contributed by atoms with Gasteiger partial charge in [-0.25, -0.2) is 22.0 Å². The molecule has 3 aromatic carbocycles. The molecule has 1 heterocycles. The first kappa shape index (κ1) is 35.5. The first-order chi connectivity index (χ1) is 22.8. The third-order valence-corrected chi connectivity index (χ3v) is 11.2. The van der Waals surface area contributed by atoms with Gasteiger partial charge in [0.05, 0.1) is 4.90 Å². The molecule has 2 amide bonds. The lowest BCUT2D eigenvalue weighted by molar-refractivity contribution is -0.122. The van der Waals surface area contributed by atoms with E-state index in [1.54, 1.807) is 80.3 Å². The summed E-state index contributed by atoms with van der Waals surface area (Å²) in [6, 6.07) is 19.8. The minimum atomic E-state index is -3.81. The van der Waals surface area contributed by atoms with Crippen molar-refractivity contribution in [2.45, 2.75) is 87.8 Å². The predicted molar refractivity (Wildman–Crippen MR) is 180 cm³/mol. The highest BCUT2D eigenvalue weighted by Gasteiger charge is 2.39. The van der Waals surface area contributed by atoms with Crippen molar-refractivity contribution in [3.63, 3.8) is 0 Å². The van der Waals surface area contributed by atoms with E-state index >= 15 is 0 Å². The average molecular weight is 682 g/mol. The van der Waals surface area contributed by atoms with Crippen molar-refractivity contribution < 1.29 is 31.5 Å². The molecule has 3 atom stereocenters. The van der Waals surface area contributed by atoms with Gasteiger partial charge in [-0.05, 0) is 99.9 Å². The summed E-state index contributed by atoms with van der Waals surface area (Å²) >= 11 is 0. The molecule has 3 aromatic rings. The number of hydrogen-bond acceptors (Lipinski definition) is 5. The van der Waals surface area contributed by atoms with E-state index in [0.717, 1.165) is 30.4 Å². The van der Waals surface area contributed by atoms with Crippen LogP contribution in [0, 0.1) is 17.6 Å². The second-order valence-electron chi connectivity index (χ2n) is 13.8. The molecule has 1 aliphatic carbocycles. The highest BCUT2D eigenvalue weighted by molar-refractivity contribution is 7.89. The molecular formula is C37H45F2N3O5S. The van der Waals surface area contributed by atoms with Gasteiger partial charge in [0.15, 0.2) is 0 Å². The van der Waals surface area contributed by atoms with Gasteiger partial charge in [0.1, 0.15) is 17.2 Å². The number of halogens is 2. The summed E-state index contributed by atoms with van der Waals surface area (Å²) in [5.41, 5.74) is 0.835. The summed E-state index contributed by atoms with van der Waals surface area (Å²) in [4.78, 5) is 28.3. The van der Waals surface area contributed by atoms with Gasteiger partial charge in [-0.3, -0.25) is 4.79 Å². The zero-order chi connectivity index (χ0) is 34.5. The number of piperazine rings is 1. The van der Waals surface area contributed by atoms with Crippen LogP contribution < -0.4 is 5.32 Å². The molecule has 2 aliphatic rings. The SMILES string of the molecule is CC(C)(C)OC(=O)N1CCN(S(=O)(=O)c2ccccc2)C(CCC2CCC[C@@H]2NC(=O)CC(c2ccc(F)cc2)c2ccc(F)cc2)C1. The topological polar surface area (TPSA) is 96.0 Å². The van der Waals surface area contributed by atoms with Crippen LogP contribution in [0.3, 0.4) is 0 Å². The van der Waals surface area contributed by atoms with Gasteiger partial charge in [-0.2, -0.15) is 4.31 Å². The quantitative estimate of drug-likeness (QED) is 0.252. The fourth-order valence-corrected chi connectivity index (χ4v) is 8.52. The Bertz CT molecular complexity index is 1600. The van der Waals surface area contributed by atoms with E-state index in [0.29, 0.717) is 12.8 Å². The summed E-state index contributed by atoms with van der Waals surface area (Å²) in [5, 5.41) is 3.23. The molecule has 0 spiro atoms. The third kappa shape index (κ3) is 8.99. The van der Waals surface area contributed by atoms with Crippen LogP contribution in [0.25, 0.3) is 0 Å². The van der Waals surface area contributed by atoms with Crippen molar-refractivity contribution in [2.75, 3.05) is 19.6 Å². The van der Waals surface area contributed by atoms with Crippen molar-refractivity contribution in [3.05, 3.63) is 102 Å². The summed E-state index contributed by atoms with van der Waals surface area (Å²) in [5.74, 6) is -1.17. The zero-order valence-electron chi connectivity index (χ0n) is 27.8. The monoisotopic (exact) mass is 681 g/mol. The van der Waals surface area contributed by atoms with Crippen LogP contribution in [-0.2, 0) is 19.6 Å². The molecule has 5 rings (SSSR count). The normalized spacial score (nSPS) is 20.5. The lowest BCUT2D eigenvalue weighted by atomic mass is 9.88. The molecule has 1 saturated carbocycles. The first-order valence-electron chi connectivity index (χ1n) is 16.7. The molecule has 258 valence electrons. The summed E-state index contributed by atoms with van der Waals surface area (Å²) < 4.78 is 62.1. The summed E-state index contributed by atoms with van der Waals surface area (Å²) in [7, 11) is -3.81. The smallest absolute Gasteiger partial charge is 0.410 e. The second-order valence-corrected chi connectivity index (χ2v) is 15.7. The van der Waals surface area contributed by atoms with Crippen molar-refractivity contribution in [3.8, 4) is 0 Å². The average Bonchev–Trinajstić information content (AvgIpc) is 3.49. The molecule has 1 N–H and O–H groups in total. The molecule has 0 radical (unpaired) electrons. The highest BCUT2D eigenvalue weighted by Crippen LogP contribution is 2.34. The van der Waals surface area contributed by atoms with Crippen LogP contribution in [0.2, 0.25) is 0 Å². The number of sulfonamides is 1. The first-order valence-corrected chi connectivity index (χ1v) is 18.1. The third-order valence-electron chi connectivity index (χ3n) is 9.24. The maximum absolute atomic E-state index is 13.8. The Labute approximate surface area is 282 Å². The molecule has 1 aliphatic heterocycles. The van der Waals surface area contributed by atoms with E-state index in [1.807, 2.05) is 0 Å². The number of nitrogens with zero attached hydrogens (tertiary/aromatic N) is 2. The minimum absolute atomic E-state index is 0.0932. The molecular weight excluding hydrogens is 636 g/mol. The minimum Gasteiger partial charge on any atom is -0.444 e. The fraction of sp³-hybridized carbons (Fsp3) is 0.459. The predicted octanol–water partition coefficient (Wildman–Crippen LogP) is 6.86. The van der Waals surface area contributed by atoms with Crippen LogP contribution in [0.5, 0.6) is 0 Å². The van der Waals surface area contributed by atoms with E-state index in [1.165, 1.54) is 28.6 Å². The Morgan fingerprint density at radius 2 is 1.48 bits per heavy atom. The van der Waals surface area contributed by atoms with Crippen LogP contribution in [-0.4, -0.2) is 66.9 Å². The maximum Gasteiger partial charge on any atom is 0.410 e. The number of rotatable bonds is 10. The molecule has 2 unspecified atom stereocenters. The Kier molecular flexibility index (Phi) is 11.2. The Morgan fingerprint density at radius 1 is 0.875 bits per heavy atom. The van der Waals surface area contributed by atoms with Crippen molar-refractivity contribution in [1.29, 1.82) is 0 Å². The number of nitrogens with one attached hydrogen (secondary N) is 1. The van der Waals surface area contributed by atoms with Gasteiger partial charge in [0, 0.05) is 44.1 Å². The van der Waals surface area contributed by atoms with Crippen molar-refractivity contribution in [1.82, 2.24) is 14.5 Å². The van der Waals surface area contributed by atoms with Gasteiger partial charge in [-0.1, -0.05) is 48.9 Å². The second kappa shape index (κ2) is 15.2. The molecule has 2 fully saturated rings. The maximum atomic E-state index is 13.8. The van der Waals surface area contributed by atoms with Crippen LogP contribution in [0.1, 0.15) is 76.3 Å². The number of carbonyl (C=O) groups is 2. The molecule has 8 nitrogen and oxygen atoms in total. The number of benzene rings is 3. The standard InChI is InChI=1S/C37H45F2N3O5S/c1-37(2,3)47-36(44)41-22-23-42(48(45,46)32-9-5-4-6-10-32)31(25-41)21-16-28-8-7-11-34(28)40-35(43)24-33(26-12-17-29(38)18-13-26)27-14-19-30(39)20-15-27/h4-6,9-10,12-15,17-20,28,31,33-34H,7-8,11,16,21-25H2,1-3H3,(H,40,43)/t28?,31?,34-/m0/s1. The summed E-state index contributed by atoms with van der Waals surface area (Å²) in [6.45, 7) is 5.99. The van der Waals surface area contributed by atoms with Gasteiger partial charge < -0.3 is 15.0 Å². The molecule has 0 bridgehead atoms. The van der Waals surface area contributed by atoms with E-state index < -0.39 is 27.8 Å². The number of ether oxygens (including phenoxy) is 1. The molecule has 1 saturated heterocycles. The number of hydrogen-bond donors (Lipinski definition) is 1. The Hall–Kier alpha value is -3.83. The molecule has 48 heavy (non-hydrogen) atoms. The Balaban J connectivity index is 1.28. The highest BCUT2D eigenvalue weighted by atomic mass is 32.2. The van der Waals surface area contributed by atoms with Crippen LogP contribution >= 0.6 is 0 Å². The van der Waals surface area contributed by atoms with Gasteiger partial charge >= 0.3 is 6.09 Å². The lowest BCUT2D eigenvalue weighted by Crippen LogP contribution is -2.57. The number of carbonyl (C=O) groups excluding carboxylic acids is 2. The molecule has 11 heteroatoms. The van der Waals surface area contributed by atoms with Gasteiger partial charge in [0.25, 0.3) is 0 Å². The Morgan fingerprint density at radius 3 is 2.06 bits per heavy atom. The van der Waals surface area contributed by atoms with E-state index in [2.05, 4.69) is 5.32 Å². The lowest BCUT2D eigenvalue weighted by Gasteiger charge is -2.41. The summed E-state index contributed by atoms with van der Waals surface area (Å²) in [6.07, 6.45) is 3.43. The van der Waals surface area contributed by atoms with E-state index in [4.69, 9.17) is 4.74 Å². The largest absolute Gasteiger partial charge is 0.444 e. The van der Waals surface area contributed by atoms with Crippen LogP contribution in [0.15, 0.2) is 83.8 Å². The number of amides is 2. The fourth-order valence-electron chi connectivity index (χ4n) is 6.86. The van der Waals surface area contributed by atoms with Crippen molar-refractivity contribution in [2.24, 2.45) is 5.92 Å². The van der Waals surface area contributed by atoms with E-state index in [9.17, 15) is 26.8 Å². The zero-order valence-corrected chi connectivity index (χ0v) is 28.6. The van der Waals surface area contributed by atoms with Crippen LogP contribution in [0.4, 0.5) is 13.6 Å². The molecule has 0 aromatic heterocycles. The van der Waals surface area contributed by atoms with Gasteiger partial charge in [0.2, 0.25) is 15.9 Å². The van der Waals surface area contributed by atoms with Gasteiger partial charge in [-0.15, -0.1) is 0 Å². The van der Waals surface area contributed by atoms with E-state index in [-0.39, 0.29) is 66.4 Å².